The SMILES string of the molecule is CCCC1CC1Nc1cnccc1C#N. The van der Waals surface area contributed by atoms with Crippen molar-refractivity contribution < 1.29 is 0 Å². The normalized spacial score (nSPS) is 23.2. The number of rotatable bonds is 4. The zero-order chi connectivity index (χ0) is 10.7. The molecule has 1 aromatic rings. The Balaban J connectivity index is 1.98. The molecule has 3 heteroatoms. The summed E-state index contributed by atoms with van der Waals surface area (Å²) in [5.74, 6) is 0.793. The maximum Gasteiger partial charge on any atom is 0.101 e. The number of hydrogen-bond acceptors (Lipinski definition) is 3. The number of hydrogen-bond donors (Lipinski definition) is 1. The number of nitrogens with zero attached hydrogens (tertiary/aromatic N) is 2. The van der Waals surface area contributed by atoms with E-state index in [-0.39, 0.29) is 0 Å². The predicted molar refractivity (Wildman–Crippen MR) is 59.4 cm³/mol. The molecule has 0 spiro atoms. The Morgan fingerprint density at radius 2 is 2.53 bits per heavy atom. The van der Waals surface area contributed by atoms with Crippen molar-refractivity contribution in [2.75, 3.05) is 5.32 Å². The second-order valence-electron chi connectivity index (χ2n) is 4.07. The number of pyridine rings is 1. The summed E-state index contributed by atoms with van der Waals surface area (Å²) in [6, 6.07) is 4.48. The van der Waals surface area contributed by atoms with E-state index < -0.39 is 0 Å². The van der Waals surface area contributed by atoms with E-state index >= 15 is 0 Å². The smallest absolute Gasteiger partial charge is 0.101 e. The molecule has 0 aromatic carbocycles. The average molecular weight is 201 g/mol. The van der Waals surface area contributed by atoms with Gasteiger partial charge in [0.1, 0.15) is 6.07 Å². The lowest BCUT2D eigenvalue weighted by Crippen LogP contribution is -2.06. The Bertz CT molecular complexity index is 381. The minimum atomic E-state index is 0.557. The molecule has 1 aliphatic carbocycles. The summed E-state index contributed by atoms with van der Waals surface area (Å²) >= 11 is 0. The summed E-state index contributed by atoms with van der Waals surface area (Å²) in [5.41, 5.74) is 1.57. The number of nitriles is 1. The lowest BCUT2D eigenvalue weighted by Gasteiger charge is -2.06. The van der Waals surface area contributed by atoms with Crippen LogP contribution in [-0.4, -0.2) is 11.0 Å². The Morgan fingerprint density at radius 1 is 1.67 bits per heavy atom. The summed E-state index contributed by atoms with van der Waals surface area (Å²) in [7, 11) is 0. The van der Waals surface area contributed by atoms with E-state index in [1.807, 2.05) is 0 Å². The molecule has 1 aromatic heterocycles. The van der Waals surface area contributed by atoms with E-state index in [2.05, 4.69) is 23.3 Å². The van der Waals surface area contributed by atoms with Crippen LogP contribution in [0.2, 0.25) is 0 Å². The monoisotopic (exact) mass is 201 g/mol. The van der Waals surface area contributed by atoms with Gasteiger partial charge in [0.25, 0.3) is 0 Å². The van der Waals surface area contributed by atoms with Crippen LogP contribution < -0.4 is 5.32 Å². The molecular formula is C12H15N3. The van der Waals surface area contributed by atoms with E-state index in [1.54, 1.807) is 18.5 Å². The molecule has 0 aliphatic heterocycles. The predicted octanol–water partition coefficient (Wildman–Crippen LogP) is 2.55. The highest BCUT2D eigenvalue weighted by molar-refractivity contribution is 5.56. The molecule has 1 heterocycles. The molecule has 1 aliphatic rings. The third kappa shape index (κ3) is 2.27. The summed E-state index contributed by atoms with van der Waals surface area (Å²) < 4.78 is 0. The lowest BCUT2D eigenvalue weighted by atomic mass is 10.2. The van der Waals surface area contributed by atoms with Crippen molar-refractivity contribution in [3.05, 3.63) is 24.0 Å². The van der Waals surface area contributed by atoms with Gasteiger partial charge in [-0.25, -0.2) is 0 Å². The van der Waals surface area contributed by atoms with E-state index in [0.717, 1.165) is 11.6 Å². The molecule has 3 nitrogen and oxygen atoms in total. The Kier molecular flexibility index (Phi) is 2.86. The van der Waals surface area contributed by atoms with Crippen molar-refractivity contribution in [3.63, 3.8) is 0 Å². The fourth-order valence-electron chi connectivity index (χ4n) is 1.92. The van der Waals surface area contributed by atoms with E-state index in [9.17, 15) is 0 Å². The van der Waals surface area contributed by atoms with Crippen LogP contribution in [0.4, 0.5) is 5.69 Å². The minimum absolute atomic E-state index is 0.557. The molecule has 15 heavy (non-hydrogen) atoms. The summed E-state index contributed by atoms with van der Waals surface area (Å²) in [6.45, 7) is 2.21. The van der Waals surface area contributed by atoms with Crippen LogP contribution in [0.15, 0.2) is 18.5 Å². The summed E-state index contributed by atoms with van der Waals surface area (Å²) in [4.78, 5) is 4.03. The highest BCUT2D eigenvalue weighted by Crippen LogP contribution is 2.37. The Hall–Kier alpha value is -1.56. The molecule has 0 amide bonds. The first-order chi connectivity index (χ1) is 7.35. The fraction of sp³-hybridized carbons (Fsp3) is 0.500. The fourth-order valence-corrected chi connectivity index (χ4v) is 1.92. The third-order valence-electron chi connectivity index (χ3n) is 2.86. The van der Waals surface area contributed by atoms with Gasteiger partial charge < -0.3 is 5.32 Å². The van der Waals surface area contributed by atoms with Gasteiger partial charge in [-0.3, -0.25) is 4.98 Å². The summed E-state index contributed by atoms with van der Waals surface area (Å²) in [5, 5.41) is 12.3. The molecule has 1 fully saturated rings. The van der Waals surface area contributed by atoms with Gasteiger partial charge >= 0.3 is 0 Å². The number of nitrogens with one attached hydrogen (secondary N) is 1. The second-order valence-corrected chi connectivity index (χ2v) is 4.07. The van der Waals surface area contributed by atoms with Crippen molar-refractivity contribution in [1.29, 1.82) is 5.26 Å². The molecule has 1 saturated carbocycles. The number of anilines is 1. The van der Waals surface area contributed by atoms with Crippen molar-refractivity contribution >= 4 is 5.69 Å². The van der Waals surface area contributed by atoms with Crippen molar-refractivity contribution in [2.24, 2.45) is 5.92 Å². The first-order valence-electron chi connectivity index (χ1n) is 5.45. The molecule has 78 valence electrons. The molecule has 2 rings (SSSR count). The van der Waals surface area contributed by atoms with E-state index in [4.69, 9.17) is 5.26 Å². The van der Waals surface area contributed by atoms with Gasteiger partial charge in [0.2, 0.25) is 0 Å². The van der Waals surface area contributed by atoms with Gasteiger partial charge in [0.05, 0.1) is 17.4 Å². The topological polar surface area (TPSA) is 48.7 Å². The van der Waals surface area contributed by atoms with Crippen LogP contribution in [-0.2, 0) is 0 Å². The Labute approximate surface area is 90.1 Å². The van der Waals surface area contributed by atoms with Crippen LogP contribution >= 0.6 is 0 Å². The van der Waals surface area contributed by atoms with Gasteiger partial charge in [-0.2, -0.15) is 5.26 Å². The van der Waals surface area contributed by atoms with Crippen LogP contribution in [0.25, 0.3) is 0 Å². The van der Waals surface area contributed by atoms with Crippen LogP contribution in [0.1, 0.15) is 31.7 Å². The Morgan fingerprint density at radius 3 is 3.27 bits per heavy atom. The van der Waals surface area contributed by atoms with Gasteiger partial charge in [-0.05, 0) is 24.8 Å². The van der Waals surface area contributed by atoms with Crippen molar-refractivity contribution in [2.45, 2.75) is 32.2 Å². The molecule has 1 N–H and O–H groups in total. The van der Waals surface area contributed by atoms with Crippen molar-refractivity contribution in [1.82, 2.24) is 4.98 Å². The van der Waals surface area contributed by atoms with Crippen LogP contribution in [0, 0.1) is 17.2 Å². The van der Waals surface area contributed by atoms with Gasteiger partial charge in [-0.15, -0.1) is 0 Å². The van der Waals surface area contributed by atoms with Crippen LogP contribution in [0.5, 0.6) is 0 Å². The quantitative estimate of drug-likeness (QED) is 0.814. The van der Waals surface area contributed by atoms with Gasteiger partial charge in [0.15, 0.2) is 0 Å². The maximum absolute atomic E-state index is 8.90. The molecule has 2 unspecified atom stereocenters. The molecule has 0 saturated heterocycles. The molecule has 0 radical (unpaired) electrons. The van der Waals surface area contributed by atoms with E-state index in [1.165, 1.54) is 19.3 Å². The first-order valence-corrected chi connectivity index (χ1v) is 5.45. The lowest BCUT2D eigenvalue weighted by molar-refractivity contribution is 0.692. The van der Waals surface area contributed by atoms with Crippen LogP contribution in [0.3, 0.4) is 0 Å². The third-order valence-corrected chi connectivity index (χ3v) is 2.86. The number of aromatic nitrogens is 1. The molecule has 2 atom stereocenters. The minimum Gasteiger partial charge on any atom is -0.380 e. The standard InChI is InChI=1S/C12H15N3/c1-2-3-9-6-11(9)15-12-8-14-5-4-10(12)7-13/h4-5,8-9,11,15H,2-3,6H2,1H3. The molecule has 0 bridgehead atoms. The van der Waals surface area contributed by atoms with Gasteiger partial charge in [-0.1, -0.05) is 13.3 Å². The highest BCUT2D eigenvalue weighted by Gasteiger charge is 2.36. The summed E-state index contributed by atoms with van der Waals surface area (Å²) in [6.07, 6.45) is 7.13. The van der Waals surface area contributed by atoms with Gasteiger partial charge in [0, 0.05) is 12.2 Å². The largest absolute Gasteiger partial charge is 0.380 e. The van der Waals surface area contributed by atoms with E-state index in [0.29, 0.717) is 11.6 Å². The van der Waals surface area contributed by atoms with Crippen molar-refractivity contribution in [3.8, 4) is 6.07 Å². The zero-order valence-corrected chi connectivity index (χ0v) is 8.90. The zero-order valence-electron chi connectivity index (χ0n) is 8.90. The highest BCUT2D eigenvalue weighted by atomic mass is 15.0. The average Bonchev–Trinajstić information content (AvgIpc) is 2.98. The second kappa shape index (κ2) is 4.31. The first kappa shape index (κ1) is 9.97. The molecular weight excluding hydrogens is 186 g/mol. The maximum atomic E-state index is 8.90.